The molecule has 0 saturated heterocycles. The second-order valence-electron chi connectivity index (χ2n) is 3.69. The average Bonchev–Trinajstić information content (AvgIpc) is 2.87. The van der Waals surface area contributed by atoms with Crippen LogP contribution in [-0.4, -0.2) is 5.91 Å². The first-order valence-corrected chi connectivity index (χ1v) is 7.15. The summed E-state index contributed by atoms with van der Waals surface area (Å²) in [5, 5.41) is 4.84. The number of benzene rings is 1. The van der Waals surface area contributed by atoms with Crippen LogP contribution in [0.25, 0.3) is 6.08 Å². The zero-order valence-electron chi connectivity index (χ0n) is 9.60. The van der Waals surface area contributed by atoms with Crippen molar-refractivity contribution >= 4 is 39.2 Å². The minimum absolute atomic E-state index is 0.0802. The Labute approximate surface area is 118 Å². The fraction of sp³-hybridized carbons (Fsp3) is 0.0714. The summed E-state index contributed by atoms with van der Waals surface area (Å²) in [6, 6.07) is 11.8. The molecule has 0 unspecified atom stereocenters. The van der Waals surface area contributed by atoms with Crippen molar-refractivity contribution in [3.8, 4) is 0 Å². The molecule has 1 aromatic heterocycles. The van der Waals surface area contributed by atoms with Crippen LogP contribution in [0, 0.1) is 0 Å². The van der Waals surface area contributed by atoms with Crippen LogP contribution in [0.1, 0.15) is 10.4 Å². The number of carbonyl (C=O) groups excluding carboxylic acids is 1. The zero-order chi connectivity index (χ0) is 12.8. The first-order chi connectivity index (χ1) is 8.74. The van der Waals surface area contributed by atoms with Crippen molar-refractivity contribution in [3.05, 3.63) is 62.8 Å². The number of thiophene rings is 1. The van der Waals surface area contributed by atoms with E-state index in [4.69, 9.17) is 0 Å². The second-order valence-corrected chi connectivity index (χ2v) is 5.63. The van der Waals surface area contributed by atoms with E-state index < -0.39 is 0 Å². The van der Waals surface area contributed by atoms with Gasteiger partial charge >= 0.3 is 0 Å². The van der Waals surface area contributed by atoms with Crippen LogP contribution in [0.3, 0.4) is 0 Å². The van der Waals surface area contributed by atoms with Gasteiger partial charge in [-0.05, 0) is 35.2 Å². The molecular formula is C14H12BrNOS. The molecule has 0 bridgehead atoms. The molecule has 0 aliphatic heterocycles. The van der Waals surface area contributed by atoms with Gasteiger partial charge in [-0.15, -0.1) is 11.3 Å². The van der Waals surface area contributed by atoms with Gasteiger partial charge in [-0.3, -0.25) is 4.79 Å². The summed E-state index contributed by atoms with van der Waals surface area (Å²) in [4.78, 5) is 12.7. The Hall–Kier alpha value is -1.39. The Morgan fingerprint density at radius 2 is 2.22 bits per heavy atom. The normalized spacial score (nSPS) is 10.7. The molecule has 0 saturated carbocycles. The monoisotopic (exact) mass is 321 g/mol. The van der Waals surface area contributed by atoms with E-state index >= 15 is 0 Å². The Bertz CT molecular complexity index is 549. The van der Waals surface area contributed by atoms with Gasteiger partial charge in [0.15, 0.2) is 0 Å². The minimum Gasteiger partial charge on any atom is -0.348 e. The third-order valence-electron chi connectivity index (χ3n) is 2.29. The quantitative estimate of drug-likeness (QED) is 0.852. The molecule has 2 aromatic rings. The van der Waals surface area contributed by atoms with E-state index in [0.29, 0.717) is 6.54 Å². The summed E-state index contributed by atoms with van der Waals surface area (Å²) in [5.74, 6) is -0.0802. The predicted molar refractivity (Wildman–Crippen MR) is 79.3 cm³/mol. The number of hydrogen-bond donors (Lipinski definition) is 1. The molecule has 2 nitrogen and oxygen atoms in total. The number of amides is 1. The van der Waals surface area contributed by atoms with Crippen LogP contribution in [0.4, 0.5) is 0 Å². The van der Waals surface area contributed by atoms with Crippen molar-refractivity contribution in [2.45, 2.75) is 6.54 Å². The van der Waals surface area contributed by atoms with Crippen molar-refractivity contribution in [3.63, 3.8) is 0 Å². The molecule has 2 rings (SSSR count). The fourth-order valence-corrected chi connectivity index (χ4v) is 2.49. The molecule has 1 heterocycles. The Kier molecular flexibility index (Phi) is 4.73. The molecule has 0 aliphatic rings. The average molecular weight is 322 g/mol. The SMILES string of the molecule is O=C(/C=C/c1cccc(Br)c1)NCc1cccs1. The van der Waals surface area contributed by atoms with Gasteiger partial charge in [0.2, 0.25) is 5.91 Å². The van der Waals surface area contributed by atoms with E-state index in [9.17, 15) is 4.79 Å². The molecule has 1 aromatic carbocycles. The van der Waals surface area contributed by atoms with Gasteiger partial charge < -0.3 is 5.32 Å². The number of halogens is 1. The maximum absolute atomic E-state index is 11.6. The molecule has 0 spiro atoms. The first kappa shape index (κ1) is 13.1. The van der Waals surface area contributed by atoms with E-state index in [0.717, 1.165) is 14.9 Å². The Balaban J connectivity index is 1.87. The van der Waals surface area contributed by atoms with Gasteiger partial charge in [0, 0.05) is 15.4 Å². The lowest BCUT2D eigenvalue weighted by Crippen LogP contribution is -2.19. The molecule has 18 heavy (non-hydrogen) atoms. The molecule has 1 N–H and O–H groups in total. The van der Waals surface area contributed by atoms with Gasteiger partial charge in [0.05, 0.1) is 6.54 Å². The predicted octanol–water partition coefficient (Wildman–Crippen LogP) is 3.84. The van der Waals surface area contributed by atoms with Gasteiger partial charge in [0.1, 0.15) is 0 Å². The highest BCUT2D eigenvalue weighted by Crippen LogP contribution is 2.12. The van der Waals surface area contributed by atoms with Crippen molar-refractivity contribution in [1.29, 1.82) is 0 Å². The largest absolute Gasteiger partial charge is 0.348 e. The summed E-state index contributed by atoms with van der Waals surface area (Å²) in [6.45, 7) is 0.583. The van der Waals surface area contributed by atoms with Crippen LogP contribution < -0.4 is 5.32 Å². The standard InChI is InChI=1S/C14H12BrNOS/c15-12-4-1-3-11(9-12)6-7-14(17)16-10-13-5-2-8-18-13/h1-9H,10H2,(H,16,17)/b7-6+. The van der Waals surface area contributed by atoms with Gasteiger partial charge in [0.25, 0.3) is 0 Å². The van der Waals surface area contributed by atoms with E-state index in [1.807, 2.05) is 41.8 Å². The minimum atomic E-state index is -0.0802. The summed E-state index contributed by atoms with van der Waals surface area (Å²) < 4.78 is 1.00. The first-order valence-electron chi connectivity index (χ1n) is 5.48. The molecule has 0 fully saturated rings. The molecule has 4 heteroatoms. The van der Waals surface area contributed by atoms with E-state index in [1.54, 1.807) is 23.5 Å². The third-order valence-corrected chi connectivity index (χ3v) is 3.66. The third kappa shape index (κ3) is 4.13. The number of rotatable bonds is 4. The molecule has 0 radical (unpaired) electrons. The lowest BCUT2D eigenvalue weighted by atomic mass is 10.2. The number of carbonyl (C=O) groups is 1. The highest BCUT2D eigenvalue weighted by molar-refractivity contribution is 9.10. The van der Waals surface area contributed by atoms with E-state index in [-0.39, 0.29) is 5.91 Å². The molecule has 1 amide bonds. The topological polar surface area (TPSA) is 29.1 Å². The summed E-state index contributed by atoms with van der Waals surface area (Å²) >= 11 is 5.03. The maximum atomic E-state index is 11.6. The Morgan fingerprint density at radius 3 is 2.94 bits per heavy atom. The van der Waals surface area contributed by atoms with Crippen LogP contribution in [0.2, 0.25) is 0 Å². The van der Waals surface area contributed by atoms with Crippen molar-refractivity contribution in [2.24, 2.45) is 0 Å². The Morgan fingerprint density at radius 1 is 1.33 bits per heavy atom. The highest BCUT2D eigenvalue weighted by Gasteiger charge is 1.97. The van der Waals surface area contributed by atoms with Crippen molar-refractivity contribution < 1.29 is 4.79 Å². The molecular weight excluding hydrogens is 310 g/mol. The van der Waals surface area contributed by atoms with Crippen molar-refractivity contribution in [1.82, 2.24) is 5.32 Å². The van der Waals surface area contributed by atoms with Gasteiger partial charge in [-0.25, -0.2) is 0 Å². The smallest absolute Gasteiger partial charge is 0.244 e. The number of nitrogens with one attached hydrogen (secondary N) is 1. The van der Waals surface area contributed by atoms with Gasteiger partial charge in [-0.2, -0.15) is 0 Å². The maximum Gasteiger partial charge on any atom is 0.244 e. The highest BCUT2D eigenvalue weighted by atomic mass is 79.9. The zero-order valence-corrected chi connectivity index (χ0v) is 12.0. The number of hydrogen-bond acceptors (Lipinski definition) is 2. The summed E-state index contributed by atoms with van der Waals surface area (Å²) in [5.41, 5.74) is 0.996. The lowest BCUT2D eigenvalue weighted by Gasteiger charge is -1.99. The second kappa shape index (κ2) is 6.52. The molecule has 0 atom stereocenters. The van der Waals surface area contributed by atoms with Crippen LogP contribution in [0.15, 0.2) is 52.3 Å². The van der Waals surface area contributed by atoms with Gasteiger partial charge in [-0.1, -0.05) is 34.1 Å². The van der Waals surface area contributed by atoms with Crippen LogP contribution >= 0.6 is 27.3 Å². The summed E-state index contributed by atoms with van der Waals surface area (Å²) in [6.07, 6.45) is 3.35. The van der Waals surface area contributed by atoms with E-state index in [1.165, 1.54) is 0 Å². The van der Waals surface area contributed by atoms with E-state index in [2.05, 4.69) is 21.2 Å². The van der Waals surface area contributed by atoms with Crippen LogP contribution in [0.5, 0.6) is 0 Å². The fourth-order valence-electron chi connectivity index (χ4n) is 1.43. The van der Waals surface area contributed by atoms with Crippen molar-refractivity contribution in [2.75, 3.05) is 0 Å². The summed E-state index contributed by atoms with van der Waals surface area (Å²) in [7, 11) is 0. The molecule has 92 valence electrons. The lowest BCUT2D eigenvalue weighted by molar-refractivity contribution is -0.116. The van der Waals surface area contributed by atoms with Crippen LogP contribution in [-0.2, 0) is 11.3 Å². The molecule has 0 aliphatic carbocycles.